The number of amides is 1. The van der Waals surface area contributed by atoms with Gasteiger partial charge in [0.1, 0.15) is 5.54 Å². The van der Waals surface area contributed by atoms with Gasteiger partial charge in [-0.25, -0.2) is 4.79 Å². The van der Waals surface area contributed by atoms with Gasteiger partial charge in [0.05, 0.1) is 19.6 Å². The van der Waals surface area contributed by atoms with Crippen molar-refractivity contribution in [2.45, 2.75) is 37.8 Å². The van der Waals surface area contributed by atoms with E-state index >= 15 is 0 Å². The number of carboxylic acids is 1. The molecular weight excluding hydrogens is 300 g/mol. The van der Waals surface area contributed by atoms with Crippen molar-refractivity contribution in [3.8, 4) is 0 Å². The number of nitrogens with one attached hydrogen (secondary N) is 1. The molecule has 1 amide bonds. The van der Waals surface area contributed by atoms with Crippen LogP contribution in [0.15, 0.2) is 30.3 Å². The summed E-state index contributed by atoms with van der Waals surface area (Å²) in [6, 6.07) is 8.24. The Bertz CT molecular complexity index is 561. The number of methoxy groups -OCH3 is 1. The summed E-state index contributed by atoms with van der Waals surface area (Å²) in [4.78, 5) is 34.7. The molecule has 0 unspecified atom stereocenters. The zero-order chi connectivity index (χ0) is 17.5. The molecule has 7 heteroatoms. The summed E-state index contributed by atoms with van der Waals surface area (Å²) in [5.41, 5.74) is 5.26. The smallest absolute Gasteiger partial charge is 0.331 e. The van der Waals surface area contributed by atoms with Crippen LogP contribution in [-0.4, -0.2) is 41.6 Å². The fraction of sp³-hybridized carbons (Fsp3) is 0.438. The Labute approximate surface area is 134 Å². The Morgan fingerprint density at radius 3 is 2.43 bits per heavy atom. The molecule has 0 saturated carbocycles. The predicted molar refractivity (Wildman–Crippen MR) is 83.6 cm³/mol. The number of hydrogen-bond acceptors (Lipinski definition) is 5. The molecule has 23 heavy (non-hydrogen) atoms. The predicted octanol–water partition coefficient (Wildman–Crippen LogP) is 0.469. The molecule has 0 aliphatic carbocycles. The molecule has 0 saturated heterocycles. The van der Waals surface area contributed by atoms with Gasteiger partial charge in [-0.2, -0.15) is 0 Å². The van der Waals surface area contributed by atoms with Crippen molar-refractivity contribution >= 4 is 17.8 Å². The van der Waals surface area contributed by atoms with Crippen molar-refractivity contribution in [1.29, 1.82) is 0 Å². The average Bonchev–Trinajstić information content (AvgIpc) is 2.52. The van der Waals surface area contributed by atoms with E-state index in [4.69, 9.17) is 15.6 Å². The quantitative estimate of drug-likeness (QED) is 0.599. The van der Waals surface area contributed by atoms with Crippen LogP contribution < -0.4 is 11.1 Å². The molecule has 1 aromatic rings. The van der Waals surface area contributed by atoms with Gasteiger partial charge < -0.3 is 20.9 Å². The number of carbonyl (C=O) groups excluding carboxylic acids is 2. The highest BCUT2D eigenvalue weighted by atomic mass is 16.5. The second-order valence-corrected chi connectivity index (χ2v) is 5.50. The molecule has 126 valence electrons. The van der Waals surface area contributed by atoms with Crippen LogP contribution in [0.3, 0.4) is 0 Å². The Balaban J connectivity index is 2.79. The zero-order valence-corrected chi connectivity index (χ0v) is 13.2. The van der Waals surface area contributed by atoms with Crippen LogP contribution in [0.4, 0.5) is 0 Å². The molecule has 0 radical (unpaired) electrons. The number of esters is 1. The maximum atomic E-state index is 12.0. The van der Waals surface area contributed by atoms with E-state index in [9.17, 15) is 14.4 Å². The number of aliphatic carboxylic acids is 1. The standard InChI is InChI=1S/C16H22N2O5/c1-16(15(22)23-2,9-8-11-6-4-3-5-7-11)18-14(21)12(17)10-13(19)20/h3-7,12H,8-10,17H2,1-2H3,(H,18,21)(H,19,20)/t12-,16-/m0/s1. The van der Waals surface area contributed by atoms with Crippen LogP contribution in [0.5, 0.6) is 0 Å². The fourth-order valence-electron chi connectivity index (χ4n) is 2.13. The molecule has 0 aliphatic rings. The number of aryl methyl sites for hydroxylation is 1. The Hall–Kier alpha value is -2.41. The summed E-state index contributed by atoms with van der Waals surface area (Å²) in [7, 11) is 1.23. The van der Waals surface area contributed by atoms with E-state index in [0.717, 1.165) is 5.56 Å². The van der Waals surface area contributed by atoms with Crippen LogP contribution in [-0.2, 0) is 25.5 Å². The van der Waals surface area contributed by atoms with Crippen LogP contribution >= 0.6 is 0 Å². The summed E-state index contributed by atoms with van der Waals surface area (Å²) in [5, 5.41) is 11.2. The highest BCUT2D eigenvalue weighted by molar-refractivity contribution is 5.91. The third kappa shape index (κ3) is 5.71. The monoisotopic (exact) mass is 322 g/mol. The van der Waals surface area contributed by atoms with E-state index in [0.29, 0.717) is 12.8 Å². The number of carboxylic acid groups (broad SMARTS) is 1. The number of ether oxygens (including phenoxy) is 1. The van der Waals surface area contributed by atoms with Gasteiger partial charge in [0.2, 0.25) is 5.91 Å². The van der Waals surface area contributed by atoms with Crippen LogP contribution in [0.2, 0.25) is 0 Å². The highest BCUT2D eigenvalue weighted by Gasteiger charge is 2.37. The maximum Gasteiger partial charge on any atom is 0.331 e. The molecule has 2 atom stereocenters. The molecule has 4 N–H and O–H groups in total. The largest absolute Gasteiger partial charge is 0.481 e. The second-order valence-electron chi connectivity index (χ2n) is 5.50. The van der Waals surface area contributed by atoms with Gasteiger partial charge in [0, 0.05) is 0 Å². The lowest BCUT2D eigenvalue weighted by molar-refractivity contribution is -0.150. The third-order valence-electron chi connectivity index (χ3n) is 3.52. The SMILES string of the molecule is COC(=O)[C@](C)(CCc1ccccc1)NC(=O)[C@@H](N)CC(=O)O. The number of carbonyl (C=O) groups is 3. The molecule has 0 spiro atoms. The fourth-order valence-corrected chi connectivity index (χ4v) is 2.13. The summed E-state index contributed by atoms with van der Waals surface area (Å²) in [6.45, 7) is 1.53. The van der Waals surface area contributed by atoms with Gasteiger partial charge in [-0.15, -0.1) is 0 Å². The van der Waals surface area contributed by atoms with Crippen molar-refractivity contribution < 1.29 is 24.2 Å². The zero-order valence-electron chi connectivity index (χ0n) is 13.2. The van der Waals surface area contributed by atoms with E-state index in [1.165, 1.54) is 14.0 Å². The summed E-state index contributed by atoms with van der Waals surface area (Å²) >= 11 is 0. The molecular formula is C16H22N2O5. The first-order chi connectivity index (χ1) is 10.8. The second kappa shape index (κ2) is 8.28. The lowest BCUT2D eigenvalue weighted by Gasteiger charge is -2.29. The number of nitrogens with two attached hydrogens (primary N) is 1. The van der Waals surface area contributed by atoms with Crippen molar-refractivity contribution in [2.75, 3.05) is 7.11 Å². The van der Waals surface area contributed by atoms with Gasteiger partial charge in [-0.1, -0.05) is 30.3 Å². The van der Waals surface area contributed by atoms with E-state index < -0.39 is 35.8 Å². The Kier molecular flexibility index (Phi) is 6.71. The first kappa shape index (κ1) is 18.6. The van der Waals surface area contributed by atoms with E-state index in [1.54, 1.807) is 0 Å². The van der Waals surface area contributed by atoms with Crippen LogP contribution in [0.1, 0.15) is 25.3 Å². The molecule has 0 fully saturated rings. The molecule has 0 aromatic heterocycles. The van der Waals surface area contributed by atoms with Gasteiger partial charge in [-0.3, -0.25) is 9.59 Å². The van der Waals surface area contributed by atoms with E-state index in [1.807, 2.05) is 30.3 Å². The van der Waals surface area contributed by atoms with E-state index in [2.05, 4.69) is 5.32 Å². The summed E-state index contributed by atoms with van der Waals surface area (Å²) in [6.07, 6.45) is 0.331. The van der Waals surface area contributed by atoms with Crippen LogP contribution in [0, 0.1) is 0 Å². The van der Waals surface area contributed by atoms with Gasteiger partial charge in [0.15, 0.2) is 0 Å². The summed E-state index contributed by atoms with van der Waals surface area (Å²) < 4.78 is 4.75. The first-order valence-electron chi connectivity index (χ1n) is 7.20. The Morgan fingerprint density at radius 1 is 1.30 bits per heavy atom. The number of rotatable bonds is 8. The van der Waals surface area contributed by atoms with Gasteiger partial charge >= 0.3 is 11.9 Å². The van der Waals surface area contributed by atoms with Crippen LogP contribution in [0.25, 0.3) is 0 Å². The molecule has 0 bridgehead atoms. The maximum absolute atomic E-state index is 12.0. The normalized spacial score (nSPS) is 14.4. The number of hydrogen-bond donors (Lipinski definition) is 3. The molecule has 0 aliphatic heterocycles. The highest BCUT2D eigenvalue weighted by Crippen LogP contribution is 2.16. The minimum atomic E-state index is -1.28. The van der Waals surface area contributed by atoms with E-state index in [-0.39, 0.29) is 0 Å². The minimum Gasteiger partial charge on any atom is -0.481 e. The van der Waals surface area contributed by atoms with Gasteiger partial charge in [-0.05, 0) is 25.3 Å². The van der Waals surface area contributed by atoms with Crippen molar-refractivity contribution in [3.63, 3.8) is 0 Å². The minimum absolute atomic E-state index is 0.301. The lowest BCUT2D eigenvalue weighted by Crippen LogP contribution is -2.57. The lowest BCUT2D eigenvalue weighted by atomic mass is 9.92. The van der Waals surface area contributed by atoms with Crippen molar-refractivity contribution in [3.05, 3.63) is 35.9 Å². The van der Waals surface area contributed by atoms with Crippen molar-refractivity contribution in [1.82, 2.24) is 5.32 Å². The Morgan fingerprint density at radius 2 is 1.91 bits per heavy atom. The van der Waals surface area contributed by atoms with Crippen molar-refractivity contribution in [2.24, 2.45) is 5.73 Å². The summed E-state index contributed by atoms with van der Waals surface area (Å²) in [5.74, 6) is -2.49. The average molecular weight is 322 g/mol. The molecule has 0 heterocycles. The topological polar surface area (TPSA) is 119 Å². The first-order valence-corrected chi connectivity index (χ1v) is 7.20. The third-order valence-corrected chi connectivity index (χ3v) is 3.52. The molecule has 1 rings (SSSR count). The van der Waals surface area contributed by atoms with Gasteiger partial charge in [0.25, 0.3) is 0 Å². The number of benzene rings is 1. The molecule has 1 aromatic carbocycles. The molecule has 7 nitrogen and oxygen atoms in total.